The lowest BCUT2D eigenvalue weighted by Gasteiger charge is -2.33. The quantitative estimate of drug-likeness (QED) is 0.866. The summed E-state index contributed by atoms with van der Waals surface area (Å²) in [5.74, 6) is 1.27. The summed E-state index contributed by atoms with van der Waals surface area (Å²) in [5, 5.41) is 0. The van der Waals surface area contributed by atoms with Crippen LogP contribution in [0.5, 0.6) is 5.88 Å². The van der Waals surface area contributed by atoms with Gasteiger partial charge in [0.25, 0.3) is 0 Å². The molecule has 5 nitrogen and oxygen atoms in total. The molecule has 1 aromatic carbocycles. The van der Waals surface area contributed by atoms with Crippen LogP contribution in [0.1, 0.15) is 17.2 Å². The third-order valence-corrected chi connectivity index (χ3v) is 3.71. The summed E-state index contributed by atoms with van der Waals surface area (Å²) in [6, 6.07) is 10.1. The van der Waals surface area contributed by atoms with E-state index in [0.29, 0.717) is 18.4 Å². The highest BCUT2D eigenvalue weighted by atomic mass is 16.5. The molecule has 1 atom stereocenters. The maximum absolute atomic E-state index is 5.92. The highest BCUT2D eigenvalue weighted by Gasteiger charge is 2.24. The molecule has 1 fully saturated rings. The fourth-order valence-corrected chi connectivity index (χ4v) is 2.57. The van der Waals surface area contributed by atoms with Crippen molar-refractivity contribution in [2.75, 3.05) is 31.7 Å². The van der Waals surface area contributed by atoms with Crippen molar-refractivity contribution >= 4 is 5.95 Å². The van der Waals surface area contributed by atoms with Gasteiger partial charge in [0.1, 0.15) is 6.10 Å². The Morgan fingerprint density at radius 3 is 2.95 bits per heavy atom. The molecule has 0 spiro atoms. The van der Waals surface area contributed by atoms with E-state index in [2.05, 4.69) is 33.9 Å². The van der Waals surface area contributed by atoms with Crippen LogP contribution in [0.15, 0.2) is 36.5 Å². The van der Waals surface area contributed by atoms with Crippen LogP contribution in [0.4, 0.5) is 5.95 Å². The number of hydrogen-bond acceptors (Lipinski definition) is 5. The number of aryl methyl sites for hydroxylation is 1. The molecular formula is C16H19N3O2. The molecule has 110 valence electrons. The molecule has 2 heterocycles. The van der Waals surface area contributed by atoms with Crippen LogP contribution in [0.2, 0.25) is 0 Å². The number of methoxy groups -OCH3 is 1. The van der Waals surface area contributed by atoms with Crippen LogP contribution < -0.4 is 9.64 Å². The molecule has 1 saturated heterocycles. The number of nitrogens with zero attached hydrogens (tertiary/aromatic N) is 3. The van der Waals surface area contributed by atoms with Crippen molar-refractivity contribution < 1.29 is 9.47 Å². The average molecular weight is 285 g/mol. The Kier molecular flexibility index (Phi) is 4.01. The number of morpholine rings is 1. The standard InChI is InChI=1S/C16H19N3O2/c1-12-5-3-4-6-13(12)14-11-19(9-10-21-14)16-17-8-7-15(18-16)20-2/h3-8,14H,9-11H2,1-2H3. The summed E-state index contributed by atoms with van der Waals surface area (Å²) in [7, 11) is 1.61. The van der Waals surface area contributed by atoms with Crippen molar-refractivity contribution in [1.82, 2.24) is 9.97 Å². The Bertz CT molecular complexity index is 618. The minimum atomic E-state index is 0.0507. The molecule has 0 radical (unpaired) electrons. The van der Waals surface area contributed by atoms with E-state index in [1.54, 1.807) is 19.4 Å². The molecular weight excluding hydrogens is 266 g/mol. The SMILES string of the molecule is COc1ccnc(N2CCOC(c3ccccc3C)C2)n1. The van der Waals surface area contributed by atoms with Gasteiger partial charge in [0.2, 0.25) is 11.8 Å². The first kappa shape index (κ1) is 13.8. The number of ether oxygens (including phenoxy) is 2. The Labute approximate surface area is 124 Å². The van der Waals surface area contributed by atoms with Crippen LogP contribution in [-0.2, 0) is 4.74 Å². The Morgan fingerprint density at radius 2 is 2.14 bits per heavy atom. The Morgan fingerprint density at radius 1 is 1.29 bits per heavy atom. The molecule has 1 unspecified atom stereocenters. The molecule has 2 aromatic rings. The lowest BCUT2D eigenvalue weighted by molar-refractivity contribution is 0.0388. The van der Waals surface area contributed by atoms with Gasteiger partial charge in [-0.3, -0.25) is 0 Å². The maximum atomic E-state index is 5.92. The lowest BCUT2D eigenvalue weighted by Crippen LogP contribution is -2.39. The molecule has 1 aromatic heterocycles. The molecule has 0 N–H and O–H groups in total. The second kappa shape index (κ2) is 6.10. The molecule has 0 bridgehead atoms. The number of aromatic nitrogens is 2. The van der Waals surface area contributed by atoms with Crippen LogP contribution in [0.25, 0.3) is 0 Å². The average Bonchev–Trinajstić information content (AvgIpc) is 2.55. The summed E-state index contributed by atoms with van der Waals surface area (Å²) < 4.78 is 11.1. The van der Waals surface area contributed by atoms with E-state index in [1.807, 2.05) is 12.1 Å². The molecule has 1 aliphatic heterocycles. The Hall–Kier alpha value is -2.14. The number of benzene rings is 1. The van der Waals surface area contributed by atoms with E-state index in [-0.39, 0.29) is 6.10 Å². The number of anilines is 1. The molecule has 0 aliphatic carbocycles. The van der Waals surface area contributed by atoms with Crippen LogP contribution in [0, 0.1) is 6.92 Å². The molecule has 5 heteroatoms. The van der Waals surface area contributed by atoms with Gasteiger partial charge in [-0.2, -0.15) is 4.98 Å². The summed E-state index contributed by atoms with van der Waals surface area (Å²) in [6.45, 7) is 4.31. The van der Waals surface area contributed by atoms with E-state index in [0.717, 1.165) is 13.1 Å². The van der Waals surface area contributed by atoms with Crippen molar-refractivity contribution in [1.29, 1.82) is 0 Å². The monoisotopic (exact) mass is 285 g/mol. The van der Waals surface area contributed by atoms with Gasteiger partial charge in [-0.05, 0) is 18.1 Å². The van der Waals surface area contributed by atoms with Crippen LogP contribution in [-0.4, -0.2) is 36.8 Å². The van der Waals surface area contributed by atoms with Gasteiger partial charge >= 0.3 is 0 Å². The Balaban J connectivity index is 1.81. The third-order valence-electron chi connectivity index (χ3n) is 3.71. The first-order chi connectivity index (χ1) is 10.3. The number of hydrogen-bond donors (Lipinski definition) is 0. The first-order valence-corrected chi connectivity index (χ1v) is 7.07. The molecule has 3 rings (SSSR count). The second-order valence-electron chi connectivity index (χ2n) is 5.06. The summed E-state index contributed by atoms with van der Waals surface area (Å²) in [6.07, 6.45) is 1.77. The van der Waals surface area contributed by atoms with Gasteiger partial charge in [0, 0.05) is 18.8 Å². The molecule has 21 heavy (non-hydrogen) atoms. The van der Waals surface area contributed by atoms with Gasteiger partial charge in [0.15, 0.2) is 0 Å². The maximum Gasteiger partial charge on any atom is 0.228 e. The predicted octanol–water partition coefficient (Wildman–Crippen LogP) is 2.37. The molecule has 0 amide bonds. The summed E-state index contributed by atoms with van der Waals surface area (Å²) in [4.78, 5) is 10.9. The minimum absolute atomic E-state index is 0.0507. The van der Waals surface area contributed by atoms with Gasteiger partial charge in [0.05, 0.1) is 20.3 Å². The summed E-state index contributed by atoms with van der Waals surface area (Å²) >= 11 is 0. The van der Waals surface area contributed by atoms with Crippen molar-refractivity contribution in [2.45, 2.75) is 13.0 Å². The normalized spacial score (nSPS) is 18.6. The van der Waals surface area contributed by atoms with Crippen LogP contribution in [0.3, 0.4) is 0 Å². The third kappa shape index (κ3) is 2.97. The lowest BCUT2D eigenvalue weighted by atomic mass is 10.0. The number of rotatable bonds is 3. The first-order valence-electron chi connectivity index (χ1n) is 7.07. The molecule has 0 saturated carbocycles. The van der Waals surface area contributed by atoms with E-state index in [1.165, 1.54) is 11.1 Å². The zero-order chi connectivity index (χ0) is 14.7. The largest absolute Gasteiger partial charge is 0.481 e. The molecule has 1 aliphatic rings. The van der Waals surface area contributed by atoms with E-state index >= 15 is 0 Å². The topological polar surface area (TPSA) is 47.5 Å². The van der Waals surface area contributed by atoms with E-state index in [9.17, 15) is 0 Å². The zero-order valence-corrected chi connectivity index (χ0v) is 12.3. The fraction of sp³-hybridized carbons (Fsp3) is 0.375. The van der Waals surface area contributed by atoms with E-state index < -0.39 is 0 Å². The summed E-state index contributed by atoms with van der Waals surface area (Å²) in [5.41, 5.74) is 2.47. The minimum Gasteiger partial charge on any atom is -0.481 e. The van der Waals surface area contributed by atoms with Gasteiger partial charge in [-0.15, -0.1) is 0 Å². The van der Waals surface area contributed by atoms with Gasteiger partial charge < -0.3 is 14.4 Å². The fourth-order valence-electron chi connectivity index (χ4n) is 2.57. The van der Waals surface area contributed by atoms with E-state index in [4.69, 9.17) is 9.47 Å². The predicted molar refractivity (Wildman–Crippen MR) is 80.7 cm³/mol. The smallest absolute Gasteiger partial charge is 0.228 e. The zero-order valence-electron chi connectivity index (χ0n) is 12.3. The van der Waals surface area contributed by atoms with Crippen LogP contribution >= 0.6 is 0 Å². The van der Waals surface area contributed by atoms with Crippen molar-refractivity contribution in [3.05, 3.63) is 47.7 Å². The highest BCUT2D eigenvalue weighted by molar-refractivity contribution is 5.36. The van der Waals surface area contributed by atoms with Gasteiger partial charge in [-0.1, -0.05) is 24.3 Å². The van der Waals surface area contributed by atoms with Crippen molar-refractivity contribution in [2.24, 2.45) is 0 Å². The van der Waals surface area contributed by atoms with Gasteiger partial charge in [-0.25, -0.2) is 4.98 Å². The van der Waals surface area contributed by atoms with Crippen molar-refractivity contribution in [3.63, 3.8) is 0 Å². The van der Waals surface area contributed by atoms with Crippen molar-refractivity contribution in [3.8, 4) is 5.88 Å². The highest BCUT2D eigenvalue weighted by Crippen LogP contribution is 2.26. The second-order valence-corrected chi connectivity index (χ2v) is 5.06.